The molecule has 32 heavy (non-hydrogen) atoms. The van der Waals surface area contributed by atoms with Crippen molar-refractivity contribution in [1.29, 1.82) is 0 Å². The van der Waals surface area contributed by atoms with Gasteiger partial charge in [0.15, 0.2) is 5.78 Å². The third-order valence-corrected chi connectivity index (χ3v) is 7.51. The maximum atomic E-state index is 13.0. The quantitative estimate of drug-likeness (QED) is 0.315. The van der Waals surface area contributed by atoms with Crippen LogP contribution >= 0.6 is 47.9 Å². The highest BCUT2D eigenvalue weighted by atomic mass is 32.2. The largest absolute Gasteiger partial charge is 0.341 e. The molecule has 2 aromatic carbocycles. The number of ketones is 1. The van der Waals surface area contributed by atoms with Crippen molar-refractivity contribution >= 4 is 69.7 Å². The van der Waals surface area contributed by atoms with Crippen LogP contribution in [0.4, 0.5) is 0 Å². The molecule has 4 rings (SSSR count). The van der Waals surface area contributed by atoms with E-state index in [1.54, 1.807) is 11.8 Å². The summed E-state index contributed by atoms with van der Waals surface area (Å²) < 4.78 is 1.07. The fraction of sp³-hybridized carbons (Fsp3) is 0.208. The van der Waals surface area contributed by atoms with E-state index in [2.05, 4.69) is 10.3 Å². The topological polar surface area (TPSA) is 59.1 Å². The number of hydrogen-bond donors (Lipinski definition) is 1. The average molecular weight is 501 g/mol. The minimum atomic E-state index is -0.519. The van der Waals surface area contributed by atoms with E-state index in [0.29, 0.717) is 11.3 Å². The number of thiazole rings is 1. The lowest BCUT2D eigenvalue weighted by molar-refractivity contribution is -0.120. The number of Topliss-reactive ketones (excluding diaryl/α,β-unsaturated/α-hetero) is 1. The molecule has 1 N–H and O–H groups in total. The summed E-state index contributed by atoms with van der Waals surface area (Å²) >= 11 is 4.60. The Morgan fingerprint density at radius 2 is 1.84 bits per heavy atom. The van der Waals surface area contributed by atoms with Gasteiger partial charge >= 0.3 is 0 Å². The molecule has 1 atom stereocenters. The molecule has 0 unspecified atom stereocenters. The first kappa shape index (κ1) is 24.5. The molecule has 0 saturated heterocycles. The summed E-state index contributed by atoms with van der Waals surface area (Å²) in [6, 6.07) is 19.2. The molecule has 4 nitrogen and oxygen atoms in total. The number of amides is 1. The van der Waals surface area contributed by atoms with E-state index in [1.165, 1.54) is 22.7 Å². The molecule has 0 bridgehead atoms. The van der Waals surface area contributed by atoms with Gasteiger partial charge in [-0.2, -0.15) is 25.3 Å². The van der Waals surface area contributed by atoms with Gasteiger partial charge in [-0.1, -0.05) is 48.5 Å². The van der Waals surface area contributed by atoms with E-state index in [1.807, 2.05) is 72.3 Å². The van der Waals surface area contributed by atoms with Crippen molar-refractivity contribution in [3.63, 3.8) is 0 Å². The predicted molar refractivity (Wildman–Crippen MR) is 143 cm³/mol. The van der Waals surface area contributed by atoms with Crippen molar-refractivity contribution in [1.82, 2.24) is 10.3 Å². The van der Waals surface area contributed by atoms with Gasteiger partial charge in [-0.15, -0.1) is 22.7 Å². The molecule has 0 aliphatic rings. The summed E-state index contributed by atoms with van der Waals surface area (Å²) in [6.07, 6.45) is 2.83. The molecule has 4 aromatic rings. The number of carbonyl (C=O) groups is 2. The van der Waals surface area contributed by atoms with E-state index in [4.69, 9.17) is 0 Å². The monoisotopic (exact) mass is 500 g/mol. The fourth-order valence-corrected chi connectivity index (χ4v) is 5.53. The Hall–Kier alpha value is -2.13. The summed E-state index contributed by atoms with van der Waals surface area (Å²) in [6.45, 7) is 0. The highest BCUT2D eigenvalue weighted by molar-refractivity contribution is 7.98. The number of hydrogen-bond acceptors (Lipinski definition) is 6. The normalized spacial score (nSPS) is 11.7. The Morgan fingerprint density at radius 1 is 1.09 bits per heavy atom. The summed E-state index contributed by atoms with van der Waals surface area (Å²) in [5, 5.41) is 6.76. The molecule has 0 fully saturated rings. The molecule has 2 heterocycles. The predicted octanol–water partition coefficient (Wildman–Crippen LogP) is 5.80. The van der Waals surface area contributed by atoms with Crippen LogP contribution in [0.5, 0.6) is 0 Å². The number of fused-ring (bicyclic) bond motifs is 1. The Labute approximate surface area is 206 Å². The second-order valence-corrected chi connectivity index (χ2v) is 10.1. The zero-order valence-electron chi connectivity index (χ0n) is 17.5. The number of thioether (sulfide) groups is 1. The van der Waals surface area contributed by atoms with E-state index in [-0.39, 0.29) is 31.6 Å². The van der Waals surface area contributed by atoms with E-state index < -0.39 is 6.04 Å². The molecule has 0 radical (unpaired) electrons. The van der Waals surface area contributed by atoms with Crippen molar-refractivity contribution < 1.29 is 9.59 Å². The van der Waals surface area contributed by atoms with Crippen LogP contribution in [-0.4, -0.2) is 34.7 Å². The highest BCUT2D eigenvalue weighted by Crippen LogP contribution is 2.26. The van der Waals surface area contributed by atoms with Crippen LogP contribution in [-0.2, 0) is 11.2 Å². The third-order valence-electron chi connectivity index (χ3n) is 4.90. The van der Waals surface area contributed by atoms with Gasteiger partial charge in [0.1, 0.15) is 5.01 Å². The lowest BCUT2D eigenvalue weighted by Crippen LogP contribution is -2.41. The zero-order chi connectivity index (χ0) is 21.6. The fourth-order valence-electron chi connectivity index (χ4n) is 3.28. The number of benzene rings is 2. The van der Waals surface area contributed by atoms with Gasteiger partial charge in [-0.3, -0.25) is 9.59 Å². The van der Waals surface area contributed by atoms with Crippen molar-refractivity contribution in [2.24, 2.45) is 0 Å². The van der Waals surface area contributed by atoms with Gasteiger partial charge < -0.3 is 5.32 Å². The van der Waals surface area contributed by atoms with Gasteiger partial charge in [-0.05, 0) is 35.9 Å². The van der Waals surface area contributed by atoms with Crippen LogP contribution in [0.25, 0.3) is 21.3 Å². The Morgan fingerprint density at radius 3 is 2.59 bits per heavy atom. The molecule has 0 spiro atoms. The zero-order valence-corrected chi connectivity index (χ0v) is 21.0. The van der Waals surface area contributed by atoms with Gasteiger partial charge in [0, 0.05) is 15.6 Å². The van der Waals surface area contributed by atoms with Crippen LogP contribution in [0.15, 0.2) is 66.0 Å². The molecule has 8 heteroatoms. The van der Waals surface area contributed by atoms with Gasteiger partial charge in [0.25, 0.3) is 5.91 Å². The minimum Gasteiger partial charge on any atom is -0.341 e. The van der Waals surface area contributed by atoms with Crippen molar-refractivity contribution in [2.45, 2.75) is 18.9 Å². The second-order valence-electron chi connectivity index (χ2n) is 7.09. The summed E-state index contributed by atoms with van der Waals surface area (Å²) in [5.74, 6) is 0.609. The Kier molecular flexibility index (Phi) is 8.92. The molecule has 166 valence electrons. The average Bonchev–Trinajstić information content (AvgIpc) is 3.44. The van der Waals surface area contributed by atoms with E-state index >= 15 is 0 Å². The molecular formula is C24H24N2O2S4. The van der Waals surface area contributed by atoms with Crippen molar-refractivity contribution in [3.8, 4) is 11.3 Å². The Bertz CT molecular complexity index is 1150. The maximum absolute atomic E-state index is 13.0. The summed E-state index contributed by atoms with van der Waals surface area (Å²) in [5.41, 5.74) is 1.91. The van der Waals surface area contributed by atoms with Crippen molar-refractivity contribution in [2.75, 3.05) is 12.0 Å². The van der Waals surface area contributed by atoms with Crippen LogP contribution < -0.4 is 5.32 Å². The summed E-state index contributed by atoms with van der Waals surface area (Å²) in [4.78, 5) is 31.2. The van der Waals surface area contributed by atoms with Crippen LogP contribution in [0.1, 0.15) is 21.1 Å². The smallest absolute Gasteiger partial charge is 0.261 e. The lowest BCUT2D eigenvalue weighted by Gasteiger charge is -2.16. The molecule has 1 amide bonds. The second kappa shape index (κ2) is 11.7. The summed E-state index contributed by atoms with van der Waals surface area (Å²) in [7, 11) is 0. The molecule has 0 aliphatic carbocycles. The Balaban J connectivity index is 0.00000289. The van der Waals surface area contributed by atoms with Gasteiger partial charge in [0.05, 0.1) is 23.0 Å². The van der Waals surface area contributed by atoms with Crippen LogP contribution in [0.3, 0.4) is 0 Å². The first-order chi connectivity index (χ1) is 15.1. The van der Waals surface area contributed by atoms with E-state index in [0.717, 1.165) is 32.1 Å². The standard InChI is InChI=1S/C24H22N2O2S3.H2S/c1-29-12-11-18(26-24(28)22-13-17-9-5-6-10-21(17)31-22)20(27)14-23-25-19(15-30-23)16-7-3-2-4-8-16;/h2-10,13,15,18H,11-12,14H2,1H3,(H,26,28);1H2/t18-;/m0./s1. The third kappa shape index (κ3) is 6.01. The number of carbonyl (C=O) groups excluding carboxylic acids is 2. The van der Waals surface area contributed by atoms with E-state index in [9.17, 15) is 9.59 Å². The number of thiophene rings is 1. The van der Waals surface area contributed by atoms with Crippen LogP contribution in [0.2, 0.25) is 0 Å². The first-order valence-electron chi connectivity index (χ1n) is 9.95. The SMILES string of the molecule is CSCC[C@H](NC(=O)c1cc2ccccc2s1)C(=O)Cc1nc(-c2ccccc2)cs1.S. The van der Waals surface area contributed by atoms with Crippen LogP contribution in [0, 0.1) is 0 Å². The molecule has 0 aliphatic heterocycles. The molecule has 0 saturated carbocycles. The highest BCUT2D eigenvalue weighted by Gasteiger charge is 2.23. The lowest BCUT2D eigenvalue weighted by atomic mass is 10.1. The van der Waals surface area contributed by atoms with Gasteiger partial charge in [0.2, 0.25) is 0 Å². The number of aromatic nitrogens is 1. The molecular weight excluding hydrogens is 477 g/mol. The number of nitrogens with zero attached hydrogens (tertiary/aromatic N) is 1. The number of rotatable bonds is 9. The number of nitrogens with one attached hydrogen (secondary N) is 1. The first-order valence-corrected chi connectivity index (χ1v) is 13.0. The van der Waals surface area contributed by atoms with Crippen molar-refractivity contribution in [3.05, 3.63) is 75.9 Å². The maximum Gasteiger partial charge on any atom is 0.261 e. The van der Waals surface area contributed by atoms with Gasteiger partial charge in [-0.25, -0.2) is 4.98 Å². The molecule has 2 aromatic heterocycles. The minimum absolute atomic E-state index is 0.